The molecule has 0 aromatic heterocycles. The van der Waals surface area contributed by atoms with Crippen molar-refractivity contribution in [1.29, 1.82) is 0 Å². The van der Waals surface area contributed by atoms with Gasteiger partial charge in [-0.1, -0.05) is 0 Å². The van der Waals surface area contributed by atoms with Crippen LogP contribution in [-0.2, 0) is 30.4 Å². The number of nitrogen functional groups attached to an aromatic ring is 2. The van der Waals surface area contributed by atoms with E-state index in [0.29, 0.717) is 0 Å². The molecule has 0 aliphatic heterocycles. The third kappa shape index (κ3) is 11.8. The Morgan fingerprint density at radius 1 is 0.426 bits per heavy atom. The van der Waals surface area contributed by atoms with Gasteiger partial charge >= 0.3 is 88.7 Å². The Labute approximate surface area is 335 Å². The normalized spacial score (nSPS) is 12.1. The summed E-state index contributed by atoms with van der Waals surface area (Å²) in [7, 11) is -13.3. The average molecular weight is 730 g/mol. The van der Waals surface area contributed by atoms with Gasteiger partial charge < -0.3 is 11.5 Å². The quantitative estimate of drug-likeness (QED) is 0.0496. The fourth-order valence-corrected chi connectivity index (χ4v) is 4.77. The summed E-state index contributed by atoms with van der Waals surface area (Å²) in [6.45, 7) is 0. The van der Waals surface area contributed by atoms with Crippen molar-refractivity contribution < 1.29 is 128 Å². The molecule has 0 amide bonds. The van der Waals surface area contributed by atoms with Crippen LogP contribution in [0, 0.1) is 0 Å². The van der Waals surface area contributed by atoms with Gasteiger partial charge in [0.2, 0.25) is 0 Å². The molecule has 228 valence electrons. The Bertz CT molecular complexity index is 2040. The van der Waals surface area contributed by atoms with E-state index in [9.17, 15) is 25.3 Å². The molecule has 0 atom stereocenters. The molecule has 0 spiro atoms. The molecular weight excluding hydrogens is 709 g/mol. The second-order valence-electron chi connectivity index (χ2n) is 8.60. The smallest absolute Gasteiger partial charge is 0.395 e. The topological polar surface area (TPSA) is 289 Å². The van der Waals surface area contributed by atoms with Crippen molar-refractivity contribution in [2.75, 3.05) is 11.5 Å². The molecule has 0 saturated carbocycles. The zero-order chi connectivity index (χ0) is 32.3. The molecular formula is C24H20N8Na3O9S3+3. The Morgan fingerprint density at radius 3 is 0.936 bits per heavy atom. The van der Waals surface area contributed by atoms with Gasteiger partial charge in [0.25, 0.3) is 30.4 Å². The van der Waals surface area contributed by atoms with E-state index < -0.39 is 30.4 Å². The monoisotopic (exact) mass is 729 g/mol. The van der Waals surface area contributed by atoms with E-state index >= 15 is 0 Å². The minimum Gasteiger partial charge on any atom is -0.395 e. The molecule has 0 aliphatic carbocycles. The van der Waals surface area contributed by atoms with Crippen molar-refractivity contribution in [3.8, 4) is 0 Å². The van der Waals surface area contributed by atoms with Crippen LogP contribution in [0.25, 0.3) is 0 Å². The van der Waals surface area contributed by atoms with Gasteiger partial charge in [0.1, 0.15) is 17.1 Å². The summed E-state index contributed by atoms with van der Waals surface area (Å²) in [6.07, 6.45) is 0. The van der Waals surface area contributed by atoms with Gasteiger partial charge in [0, 0.05) is 0 Å². The maximum Gasteiger partial charge on any atom is 1.00 e. The second-order valence-corrected chi connectivity index (χ2v) is 12.9. The van der Waals surface area contributed by atoms with Crippen molar-refractivity contribution in [3.63, 3.8) is 0 Å². The van der Waals surface area contributed by atoms with Crippen molar-refractivity contribution in [2.45, 2.75) is 14.7 Å². The third-order valence-corrected chi connectivity index (χ3v) is 8.15. The van der Waals surface area contributed by atoms with Gasteiger partial charge in [-0.05, 0) is 78.9 Å². The summed E-state index contributed by atoms with van der Waals surface area (Å²) < 4.78 is 95.2. The van der Waals surface area contributed by atoms with Crippen molar-refractivity contribution >= 4 is 75.9 Å². The van der Waals surface area contributed by atoms with Gasteiger partial charge in [-0.25, -0.2) is 0 Å². The van der Waals surface area contributed by atoms with Crippen molar-refractivity contribution in [1.82, 2.24) is 0 Å². The van der Waals surface area contributed by atoms with Crippen LogP contribution < -0.4 is 100 Å². The van der Waals surface area contributed by atoms with Crippen LogP contribution in [-0.4, -0.2) is 38.9 Å². The Balaban J connectivity index is 0.00000368. The van der Waals surface area contributed by atoms with E-state index in [1.165, 1.54) is 42.5 Å². The third-order valence-electron chi connectivity index (χ3n) is 5.55. The molecule has 4 rings (SSSR count). The number of nitrogens with zero attached hydrogens (tertiary/aromatic N) is 6. The molecule has 0 heterocycles. The Kier molecular flexibility index (Phi) is 16.1. The van der Waals surface area contributed by atoms with Crippen LogP contribution in [0.1, 0.15) is 0 Å². The maximum atomic E-state index is 11.3. The minimum atomic E-state index is -4.43. The summed E-state index contributed by atoms with van der Waals surface area (Å²) in [6, 6.07) is 15.5. The summed E-state index contributed by atoms with van der Waals surface area (Å²) >= 11 is 0. The molecule has 23 heteroatoms. The second kappa shape index (κ2) is 17.6. The van der Waals surface area contributed by atoms with Crippen LogP contribution in [0.4, 0.5) is 45.5 Å². The van der Waals surface area contributed by atoms with E-state index in [2.05, 4.69) is 30.7 Å². The predicted molar refractivity (Wildman–Crippen MR) is 157 cm³/mol. The van der Waals surface area contributed by atoms with E-state index in [1.807, 2.05) is 0 Å². The number of benzene rings is 4. The first-order chi connectivity index (χ1) is 20.5. The molecule has 0 radical (unpaired) electrons. The fraction of sp³-hybridized carbons (Fsp3) is 0. The van der Waals surface area contributed by atoms with Crippen molar-refractivity contribution in [2.24, 2.45) is 30.7 Å². The van der Waals surface area contributed by atoms with Crippen LogP contribution in [0.5, 0.6) is 0 Å². The first-order valence-electron chi connectivity index (χ1n) is 11.7. The Morgan fingerprint density at radius 2 is 0.681 bits per heavy atom. The first kappa shape index (κ1) is 43.0. The largest absolute Gasteiger partial charge is 1.00 e. The van der Waals surface area contributed by atoms with Gasteiger partial charge in [0.15, 0.2) is 0 Å². The zero-order valence-corrected chi connectivity index (χ0v) is 33.3. The van der Waals surface area contributed by atoms with Crippen LogP contribution >= 0.6 is 0 Å². The number of hydrogen-bond donors (Lipinski definition) is 5. The maximum absolute atomic E-state index is 11.3. The standard InChI is InChI=1S/C24H20N8O9S3.3Na/c25-22-20(30-27-14-1-7-17(8-2-14)42(33,34)35)13-21(31-28-15-3-9-18(10-4-15)43(36,37)38)23(26)24(22)32-29-16-5-11-19(12-6-16)44(39,40)41;;;/h1-13H,25-26H2,(H,33,34,35)(H,36,37,38)(H,39,40,41);;;/q;3*+1. The minimum absolute atomic E-state index is 0. The molecule has 7 N–H and O–H groups in total. The summed E-state index contributed by atoms with van der Waals surface area (Å²) in [4.78, 5) is -1.08. The summed E-state index contributed by atoms with van der Waals surface area (Å²) in [5, 5.41) is 24.1. The number of nitrogens with two attached hydrogens (primary N) is 2. The molecule has 0 fully saturated rings. The molecule has 17 nitrogen and oxygen atoms in total. The van der Waals surface area contributed by atoms with Crippen molar-refractivity contribution in [3.05, 3.63) is 78.9 Å². The van der Waals surface area contributed by atoms with E-state index in [0.717, 1.165) is 36.4 Å². The van der Waals surface area contributed by atoms with Crippen LogP contribution in [0.2, 0.25) is 0 Å². The van der Waals surface area contributed by atoms with Gasteiger partial charge in [-0.3, -0.25) is 13.7 Å². The fourth-order valence-electron chi connectivity index (χ4n) is 3.33. The van der Waals surface area contributed by atoms with Gasteiger partial charge in [0.05, 0.1) is 43.1 Å². The van der Waals surface area contributed by atoms with E-state index in [-0.39, 0.29) is 149 Å². The summed E-state index contributed by atoms with van der Waals surface area (Å²) in [5.74, 6) is 0. The Hall–Kier alpha value is -1.99. The van der Waals surface area contributed by atoms with Gasteiger partial charge in [-0.2, -0.15) is 40.6 Å². The molecule has 4 aromatic carbocycles. The van der Waals surface area contributed by atoms with Crippen LogP contribution in [0.3, 0.4) is 0 Å². The molecule has 0 saturated heterocycles. The first-order valence-corrected chi connectivity index (χ1v) is 16.0. The number of anilines is 2. The van der Waals surface area contributed by atoms with E-state index in [1.54, 1.807) is 0 Å². The van der Waals surface area contributed by atoms with E-state index in [4.69, 9.17) is 25.1 Å². The molecule has 4 aromatic rings. The average Bonchev–Trinajstić information content (AvgIpc) is 2.95. The molecule has 0 bridgehead atoms. The number of azo groups is 3. The van der Waals surface area contributed by atoms with Gasteiger partial charge in [-0.15, -0.1) is 15.3 Å². The summed E-state index contributed by atoms with van der Waals surface area (Å²) in [5.41, 5.74) is 12.6. The molecule has 0 aliphatic rings. The molecule has 0 unspecified atom stereocenters. The molecule has 47 heavy (non-hydrogen) atoms. The van der Waals surface area contributed by atoms with Crippen LogP contribution in [0.15, 0.2) is 124 Å². The SMILES string of the molecule is Nc1c(N=Nc2ccc(S(=O)(=O)O)cc2)cc(N=Nc2ccc(S(=O)(=O)O)cc2)c(N)c1N=Nc1ccc(S(=O)(=O)O)cc1.[Na+].[Na+].[Na+]. The predicted octanol–water partition coefficient (Wildman–Crippen LogP) is -3.15. The number of hydrogen-bond acceptors (Lipinski definition) is 14. The zero-order valence-electron chi connectivity index (χ0n) is 24.9. The number of rotatable bonds is 9.